The number of aliphatic imine (C=N–C) groups is 1. The van der Waals surface area contributed by atoms with E-state index in [1.165, 1.54) is 28.0 Å². The molecule has 23 heavy (non-hydrogen) atoms. The number of likely N-dealkylation sites (tertiary alicyclic amines) is 1. The van der Waals surface area contributed by atoms with Gasteiger partial charge in [0.05, 0.1) is 3.79 Å². The first-order valence-electron chi connectivity index (χ1n) is 8.11. The number of rotatable bonds is 5. The Hall–Kier alpha value is 0.140. The standard InChI is InChI=1S/C16H25BrN4S.HI/c1-11-9-21(12-3-4-12)10-14(11)20-16(18-2)19-8-7-13-5-6-15(17)22-13;/h5-6,11-12,14H,3-4,7-10H2,1-2H3,(H2,18,19,20);1H. The van der Waals surface area contributed by atoms with E-state index in [-0.39, 0.29) is 24.0 Å². The molecule has 0 radical (unpaired) electrons. The summed E-state index contributed by atoms with van der Waals surface area (Å²) in [4.78, 5) is 8.41. The molecule has 1 saturated carbocycles. The van der Waals surface area contributed by atoms with Crippen molar-refractivity contribution in [2.45, 2.75) is 38.3 Å². The van der Waals surface area contributed by atoms with Crippen molar-refractivity contribution in [2.24, 2.45) is 10.9 Å². The quantitative estimate of drug-likeness (QED) is 0.361. The summed E-state index contributed by atoms with van der Waals surface area (Å²) < 4.78 is 1.20. The Kier molecular flexibility index (Phi) is 7.62. The topological polar surface area (TPSA) is 39.7 Å². The summed E-state index contributed by atoms with van der Waals surface area (Å²) in [7, 11) is 1.86. The van der Waals surface area contributed by atoms with Gasteiger partial charge in [0.15, 0.2) is 5.96 Å². The Morgan fingerprint density at radius 1 is 1.39 bits per heavy atom. The molecule has 2 N–H and O–H groups in total. The maximum atomic E-state index is 4.38. The molecule has 2 fully saturated rings. The molecule has 3 rings (SSSR count). The Labute approximate surface area is 168 Å². The van der Waals surface area contributed by atoms with Crippen molar-refractivity contribution in [3.05, 3.63) is 20.8 Å². The fourth-order valence-electron chi connectivity index (χ4n) is 3.09. The van der Waals surface area contributed by atoms with Crippen molar-refractivity contribution in [1.29, 1.82) is 0 Å². The molecule has 2 aliphatic rings. The maximum Gasteiger partial charge on any atom is 0.191 e. The van der Waals surface area contributed by atoms with Crippen LogP contribution in [-0.2, 0) is 6.42 Å². The van der Waals surface area contributed by atoms with Gasteiger partial charge in [-0.25, -0.2) is 0 Å². The summed E-state index contributed by atoms with van der Waals surface area (Å²) in [5.41, 5.74) is 0. The van der Waals surface area contributed by atoms with Crippen LogP contribution < -0.4 is 10.6 Å². The zero-order valence-electron chi connectivity index (χ0n) is 13.7. The van der Waals surface area contributed by atoms with Gasteiger partial charge in [-0.15, -0.1) is 35.3 Å². The summed E-state index contributed by atoms with van der Waals surface area (Å²) in [5, 5.41) is 7.06. The number of nitrogens with zero attached hydrogens (tertiary/aromatic N) is 2. The number of halogens is 2. The minimum Gasteiger partial charge on any atom is -0.356 e. The SMILES string of the molecule is CN=C(NCCc1ccc(Br)s1)NC1CN(C2CC2)CC1C.I. The van der Waals surface area contributed by atoms with Gasteiger partial charge in [0.1, 0.15) is 0 Å². The highest BCUT2D eigenvalue weighted by Crippen LogP contribution is 2.31. The lowest BCUT2D eigenvalue weighted by atomic mass is 10.1. The molecule has 130 valence electrons. The van der Waals surface area contributed by atoms with Crippen molar-refractivity contribution in [2.75, 3.05) is 26.7 Å². The van der Waals surface area contributed by atoms with E-state index in [2.05, 4.69) is 55.5 Å². The maximum absolute atomic E-state index is 4.38. The molecule has 1 aromatic heterocycles. The molecule has 0 amide bonds. The summed E-state index contributed by atoms with van der Waals surface area (Å²) in [5.74, 6) is 1.62. The first-order valence-corrected chi connectivity index (χ1v) is 9.72. The van der Waals surface area contributed by atoms with Crippen LogP contribution in [0.2, 0.25) is 0 Å². The van der Waals surface area contributed by atoms with Crippen LogP contribution in [0.15, 0.2) is 20.9 Å². The Morgan fingerprint density at radius 2 is 2.17 bits per heavy atom. The van der Waals surface area contributed by atoms with E-state index in [0.717, 1.165) is 31.5 Å². The summed E-state index contributed by atoms with van der Waals surface area (Å²) in [6.45, 7) is 5.64. The molecule has 1 aliphatic carbocycles. The Morgan fingerprint density at radius 3 is 2.78 bits per heavy atom. The van der Waals surface area contributed by atoms with Crippen LogP contribution in [0.3, 0.4) is 0 Å². The van der Waals surface area contributed by atoms with E-state index in [9.17, 15) is 0 Å². The van der Waals surface area contributed by atoms with Gasteiger partial charge in [-0.05, 0) is 53.2 Å². The van der Waals surface area contributed by atoms with Crippen LogP contribution in [0.1, 0.15) is 24.6 Å². The fourth-order valence-corrected chi connectivity index (χ4v) is 4.57. The van der Waals surface area contributed by atoms with Crippen molar-refractivity contribution in [3.8, 4) is 0 Å². The van der Waals surface area contributed by atoms with Crippen molar-refractivity contribution in [3.63, 3.8) is 0 Å². The molecule has 4 nitrogen and oxygen atoms in total. The number of hydrogen-bond donors (Lipinski definition) is 2. The van der Waals surface area contributed by atoms with E-state index >= 15 is 0 Å². The molecule has 0 bridgehead atoms. The first-order chi connectivity index (χ1) is 10.7. The predicted octanol–water partition coefficient (Wildman–Crippen LogP) is 3.32. The first kappa shape index (κ1) is 19.5. The molecule has 1 saturated heterocycles. The van der Waals surface area contributed by atoms with E-state index in [1.54, 1.807) is 11.3 Å². The lowest BCUT2D eigenvalue weighted by molar-refractivity contribution is 0.315. The van der Waals surface area contributed by atoms with E-state index in [1.807, 2.05) is 7.05 Å². The van der Waals surface area contributed by atoms with Gasteiger partial charge in [-0.3, -0.25) is 9.89 Å². The van der Waals surface area contributed by atoms with Gasteiger partial charge in [-0.2, -0.15) is 0 Å². The summed E-state index contributed by atoms with van der Waals surface area (Å²) in [6.07, 6.45) is 3.82. The second kappa shape index (κ2) is 9.01. The zero-order chi connectivity index (χ0) is 15.5. The van der Waals surface area contributed by atoms with Crippen LogP contribution >= 0.6 is 51.2 Å². The van der Waals surface area contributed by atoms with E-state index in [4.69, 9.17) is 0 Å². The highest BCUT2D eigenvalue weighted by Gasteiger charge is 2.38. The predicted molar refractivity (Wildman–Crippen MR) is 113 cm³/mol. The molecule has 0 aromatic carbocycles. The Bertz CT molecular complexity index is 532. The highest BCUT2D eigenvalue weighted by molar-refractivity contribution is 14.0. The average Bonchev–Trinajstić information content (AvgIpc) is 3.18. The molecule has 2 unspecified atom stereocenters. The second-order valence-electron chi connectivity index (χ2n) is 6.37. The van der Waals surface area contributed by atoms with Crippen LogP contribution in [0.5, 0.6) is 0 Å². The van der Waals surface area contributed by atoms with Crippen LogP contribution in [0.4, 0.5) is 0 Å². The van der Waals surface area contributed by atoms with Gasteiger partial charge in [-0.1, -0.05) is 6.92 Å². The lowest BCUT2D eigenvalue weighted by Gasteiger charge is -2.20. The van der Waals surface area contributed by atoms with Crippen LogP contribution in [0, 0.1) is 5.92 Å². The van der Waals surface area contributed by atoms with Gasteiger partial charge < -0.3 is 10.6 Å². The largest absolute Gasteiger partial charge is 0.356 e. The van der Waals surface area contributed by atoms with Crippen molar-refractivity contribution >= 4 is 57.2 Å². The molecule has 1 aromatic rings. The number of hydrogen-bond acceptors (Lipinski definition) is 3. The fraction of sp³-hybridized carbons (Fsp3) is 0.688. The van der Waals surface area contributed by atoms with Gasteiger partial charge in [0, 0.05) is 43.6 Å². The zero-order valence-corrected chi connectivity index (χ0v) is 18.5. The minimum absolute atomic E-state index is 0. The van der Waals surface area contributed by atoms with Crippen LogP contribution in [0.25, 0.3) is 0 Å². The third kappa shape index (κ3) is 5.57. The summed E-state index contributed by atoms with van der Waals surface area (Å²) in [6, 6.07) is 5.67. The number of nitrogens with one attached hydrogen (secondary N) is 2. The Balaban J connectivity index is 0.00000192. The number of guanidine groups is 1. The third-order valence-corrected chi connectivity index (χ3v) is 6.23. The monoisotopic (exact) mass is 512 g/mol. The molecule has 7 heteroatoms. The number of thiophene rings is 1. The van der Waals surface area contributed by atoms with Gasteiger partial charge in [0.2, 0.25) is 0 Å². The average molecular weight is 513 g/mol. The third-order valence-electron chi connectivity index (χ3n) is 4.54. The normalized spacial score (nSPS) is 25.3. The van der Waals surface area contributed by atoms with Crippen molar-refractivity contribution < 1.29 is 0 Å². The minimum atomic E-state index is 0. The smallest absolute Gasteiger partial charge is 0.191 e. The second-order valence-corrected chi connectivity index (χ2v) is 8.92. The molecule has 2 atom stereocenters. The van der Waals surface area contributed by atoms with E-state index < -0.39 is 0 Å². The lowest BCUT2D eigenvalue weighted by Crippen LogP contribution is -2.47. The molecule has 1 aliphatic heterocycles. The molecular weight excluding hydrogens is 487 g/mol. The molecule has 2 heterocycles. The van der Waals surface area contributed by atoms with E-state index in [0.29, 0.717) is 12.0 Å². The molecule has 0 spiro atoms. The summed E-state index contributed by atoms with van der Waals surface area (Å²) >= 11 is 5.31. The molecular formula is C16H26BrIN4S. The van der Waals surface area contributed by atoms with Crippen molar-refractivity contribution in [1.82, 2.24) is 15.5 Å². The van der Waals surface area contributed by atoms with Gasteiger partial charge in [0.25, 0.3) is 0 Å². The highest BCUT2D eigenvalue weighted by atomic mass is 127. The van der Waals surface area contributed by atoms with Crippen LogP contribution in [-0.4, -0.2) is 49.6 Å². The van der Waals surface area contributed by atoms with Gasteiger partial charge >= 0.3 is 0 Å².